The Morgan fingerprint density at radius 2 is 2.12 bits per heavy atom. The van der Waals surface area contributed by atoms with Crippen LogP contribution in [-0.2, 0) is 14.3 Å². The molecule has 0 aromatic rings. The molecule has 0 radical (unpaired) electrons. The number of hydrogen-bond donors (Lipinski definition) is 2. The van der Waals surface area contributed by atoms with Gasteiger partial charge < -0.3 is 19.9 Å². The molecule has 5 nitrogen and oxygen atoms in total. The summed E-state index contributed by atoms with van der Waals surface area (Å²) in [5.74, 6) is -0.311. The minimum Gasteiger partial charge on any atom is -0.462 e. The van der Waals surface area contributed by atoms with Gasteiger partial charge in [-0.05, 0) is 20.8 Å². The molecule has 2 atom stereocenters. The summed E-state index contributed by atoms with van der Waals surface area (Å²) in [6.45, 7) is 6.95. The molecule has 1 aliphatic rings. The average molecular weight is 231 g/mol. The molecular weight excluding hydrogens is 210 g/mol. The minimum absolute atomic E-state index is 0.214. The summed E-state index contributed by atoms with van der Waals surface area (Å²) in [4.78, 5) is 11.5. The second-order valence-corrected chi connectivity index (χ2v) is 4.98. The van der Waals surface area contributed by atoms with E-state index < -0.39 is 6.10 Å². The molecule has 0 amide bonds. The molecule has 0 bridgehead atoms. The number of aliphatic hydroxyl groups excluding tert-OH is 1. The number of carbonyl (C=O) groups is 1. The number of aliphatic hydroxyl groups is 1. The normalized spacial score (nSPS) is 25.8. The van der Waals surface area contributed by atoms with E-state index in [1.807, 2.05) is 20.8 Å². The van der Waals surface area contributed by atoms with Crippen molar-refractivity contribution in [2.75, 3.05) is 19.8 Å². The van der Waals surface area contributed by atoms with Gasteiger partial charge in [0.05, 0.1) is 18.3 Å². The number of nitrogens with one attached hydrogen (secondary N) is 1. The van der Waals surface area contributed by atoms with Crippen LogP contribution in [0.2, 0.25) is 0 Å². The van der Waals surface area contributed by atoms with Gasteiger partial charge in [0.25, 0.3) is 0 Å². The first-order valence-corrected chi connectivity index (χ1v) is 5.60. The second-order valence-electron chi connectivity index (χ2n) is 4.98. The average Bonchev–Trinajstić information content (AvgIpc) is 2.57. The number of hydrogen-bond acceptors (Lipinski definition) is 5. The fourth-order valence-corrected chi connectivity index (χ4v) is 1.49. The molecule has 1 rings (SSSR count). The van der Waals surface area contributed by atoms with Gasteiger partial charge in [-0.1, -0.05) is 0 Å². The summed E-state index contributed by atoms with van der Waals surface area (Å²) >= 11 is 0. The van der Waals surface area contributed by atoms with Crippen LogP contribution in [0.3, 0.4) is 0 Å². The molecule has 1 aliphatic heterocycles. The van der Waals surface area contributed by atoms with Crippen molar-refractivity contribution in [2.24, 2.45) is 0 Å². The highest BCUT2D eigenvalue weighted by Gasteiger charge is 2.29. The first-order valence-electron chi connectivity index (χ1n) is 5.60. The quantitative estimate of drug-likeness (QED) is 0.529. The van der Waals surface area contributed by atoms with E-state index in [9.17, 15) is 9.90 Å². The van der Waals surface area contributed by atoms with Crippen molar-refractivity contribution in [2.45, 2.75) is 44.9 Å². The lowest BCUT2D eigenvalue weighted by Crippen LogP contribution is -2.33. The highest BCUT2D eigenvalue weighted by Crippen LogP contribution is 2.08. The molecule has 94 valence electrons. The Balaban J connectivity index is 2.11. The van der Waals surface area contributed by atoms with Gasteiger partial charge in [0, 0.05) is 13.0 Å². The van der Waals surface area contributed by atoms with Gasteiger partial charge in [-0.2, -0.15) is 0 Å². The predicted molar refractivity (Wildman–Crippen MR) is 59.1 cm³/mol. The molecular formula is C11H21NO4. The van der Waals surface area contributed by atoms with Gasteiger partial charge in [-0.25, -0.2) is 0 Å². The van der Waals surface area contributed by atoms with Crippen LogP contribution in [0.1, 0.15) is 27.2 Å². The first kappa shape index (κ1) is 13.4. The smallest absolute Gasteiger partial charge is 0.323 e. The standard InChI is InChI=1S/C11H21NO4/c1-11(2,3)16-5-4-15-10(14)9-6-8(13)7-12-9/h8-9,12-13H,4-7H2,1-3H3/t8-,9-/m1/s1. The number of β-amino-alcohol motifs (C(OH)–C–C–N with tert-alkyl or cyclic N) is 1. The zero-order valence-corrected chi connectivity index (χ0v) is 10.2. The number of esters is 1. The zero-order chi connectivity index (χ0) is 12.2. The Kier molecular flexibility index (Phi) is 4.70. The van der Waals surface area contributed by atoms with Gasteiger partial charge in [-0.3, -0.25) is 4.79 Å². The van der Waals surface area contributed by atoms with E-state index in [0.29, 0.717) is 19.6 Å². The van der Waals surface area contributed by atoms with Crippen molar-refractivity contribution in [1.29, 1.82) is 0 Å². The highest BCUT2D eigenvalue weighted by atomic mass is 16.6. The Morgan fingerprint density at radius 1 is 1.44 bits per heavy atom. The lowest BCUT2D eigenvalue weighted by Gasteiger charge is -2.19. The molecule has 0 aliphatic carbocycles. The second kappa shape index (κ2) is 5.61. The largest absolute Gasteiger partial charge is 0.462 e. The maximum atomic E-state index is 11.5. The van der Waals surface area contributed by atoms with E-state index in [1.165, 1.54) is 0 Å². The third kappa shape index (κ3) is 4.92. The predicted octanol–water partition coefficient (Wildman–Crippen LogP) is 0.0675. The monoisotopic (exact) mass is 231 g/mol. The van der Waals surface area contributed by atoms with Gasteiger partial charge in [-0.15, -0.1) is 0 Å². The lowest BCUT2D eigenvalue weighted by atomic mass is 10.2. The van der Waals surface area contributed by atoms with Crippen molar-refractivity contribution >= 4 is 5.97 Å². The summed E-state index contributed by atoms with van der Waals surface area (Å²) < 4.78 is 10.4. The van der Waals surface area contributed by atoms with Gasteiger partial charge in [0.15, 0.2) is 0 Å². The molecule has 0 aromatic carbocycles. The molecule has 1 heterocycles. The topological polar surface area (TPSA) is 67.8 Å². The van der Waals surface area contributed by atoms with Crippen molar-refractivity contribution in [3.05, 3.63) is 0 Å². The Labute approximate surface area is 96.1 Å². The fraction of sp³-hybridized carbons (Fsp3) is 0.909. The summed E-state index contributed by atoms with van der Waals surface area (Å²) in [6, 6.07) is -0.371. The Morgan fingerprint density at radius 3 is 2.62 bits per heavy atom. The molecule has 1 saturated heterocycles. The third-order valence-electron chi connectivity index (χ3n) is 2.25. The van der Waals surface area contributed by atoms with Crippen LogP contribution >= 0.6 is 0 Å². The van der Waals surface area contributed by atoms with Crippen LogP contribution in [0, 0.1) is 0 Å². The Bertz CT molecular complexity index is 237. The van der Waals surface area contributed by atoms with E-state index in [0.717, 1.165) is 0 Å². The Hall–Kier alpha value is -0.650. The van der Waals surface area contributed by atoms with Gasteiger partial charge >= 0.3 is 5.97 Å². The molecule has 2 N–H and O–H groups in total. The van der Waals surface area contributed by atoms with Gasteiger partial charge in [0.1, 0.15) is 12.6 Å². The zero-order valence-electron chi connectivity index (χ0n) is 10.2. The van der Waals surface area contributed by atoms with Crippen LogP contribution in [0.25, 0.3) is 0 Å². The van der Waals surface area contributed by atoms with Crippen LogP contribution in [0.15, 0.2) is 0 Å². The summed E-state index contributed by atoms with van der Waals surface area (Å²) in [6.07, 6.45) is -0.0118. The van der Waals surface area contributed by atoms with Gasteiger partial charge in [0.2, 0.25) is 0 Å². The number of rotatable bonds is 4. The SMILES string of the molecule is CC(C)(C)OCCOC(=O)[C@H]1C[C@@H](O)CN1. The lowest BCUT2D eigenvalue weighted by molar-refractivity contribution is -0.149. The molecule has 0 saturated carbocycles. The maximum Gasteiger partial charge on any atom is 0.323 e. The molecule has 1 fully saturated rings. The number of carbonyl (C=O) groups excluding carboxylic acids is 1. The first-order chi connectivity index (χ1) is 7.38. The van der Waals surface area contributed by atoms with Crippen LogP contribution in [0.5, 0.6) is 0 Å². The van der Waals surface area contributed by atoms with Crippen molar-refractivity contribution < 1.29 is 19.4 Å². The molecule has 0 aromatic heterocycles. The van der Waals surface area contributed by atoms with Crippen LogP contribution in [0.4, 0.5) is 0 Å². The summed E-state index contributed by atoms with van der Waals surface area (Å²) in [5, 5.41) is 12.1. The minimum atomic E-state index is -0.441. The summed E-state index contributed by atoms with van der Waals surface area (Å²) in [7, 11) is 0. The van der Waals surface area contributed by atoms with E-state index in [-0.39, 0.29) is 24.2 Å². The van der Waals surface area contributed by atoms with E-state index >= 15 is 0 Å². The van der Waals surface area contributed by atoms with E-state index in [1.54, 1.807) is 0 Å². The van der Waals surface area contributed by atoms with E-state index in [4.69, 9.17) is 9.47 Å². The fourth-order valence-electron chi connectivity index (χ4n) is 1.49. The van der Waals surface area contributed by atoms with Crippen molar-refractivity contribution in [3.8, 4) is 0 Å². The van der Waals surface area contributed by atoms with Crippen molar-refractivity contribution in [1.82, 2.24) is 5.32 Å². The highest BCUT2D eigenvalue weighted by molar-refractivity contribution is 5.76. The molecule has 16 heavy (non-hydrogen) atoms. The molecule has 0 spiro atoms. The molecule has 5 heteroatoms. The summed E-state index contributed by atoms with van der Waals surface area (Å²) in [5.41, 5.74) is -0.214. The van der Waals surface area contributed by atoms with Crippen molar-refractivity contribution in [3.63, 3.8) is 0 Å². The number of ether oxygens (including phenoxy) is 2. The van der Waals surface area contributed by atoms with Crippen LogP contribution < -0.4 is 5.32 Å². The molecule has 0 unspecified atom stereocenters. The van der Waals surface area contributed by atoms with E-state index in [2.05, 4.69) is 5.32 Å². The maximum absolute atomic E-state index is 11.5. The third-order valence-corrected chi connectivity index (χ3v) is 2.25. The van der Waals surface area contributed by atoms with Crippen LogP contribution in [-0.4, -0.2) is 48.6 Å².